The minimum Gasteiger partial charge on any atom is -0.341 e. The highest BCUT2D eigenvalue weighted by Crippen LogP contribution is 2.36. The van der Waals surface area contributed by atoms with Gasteiger partial charge in [0.1, 0.15) is 0 Å². The minimum atomic E-state index is 0. The van der Waals surface area contributed by atoms with Crippen LogP contribution in [0, 0.1) is 0 Å². The van der Waals surface area contributed by atoms with Gasteiger partial charge in [-0.2, -0.15) is 0 Å². The largest absolute Gasteiger partial charge is 0.341 e. The number of halogens is 1. The van der Waals surface area contributed by atoms with Gasteiger partial charge in [-0.15, -0.1) is 23.7 Å². The van der Waals surface area contributed by atoms with Gasteiger partial charge in [0.05, 0.1) is 5.92 Å². The summed E-state index contributed by atoms with van der Waals surface area (Å²) in [5.41, 5.74) is 1.33. The molecule has 2 saturated heterocycles. The van der Waals surface area contributed by atoms with Crippen LogP contribution in [0.4, 0.5) is 0 Å². The summed E-state index contributed by atoms with van der Waals surface area (Å²) in [4.78, 5) is 16.5. The van der Waals surface area contributed by atoms with Crippen molar-refractivity contribution < 1.29 is 4.79 Å². The molecule has 5 heteroatoms. The van der Waals surface area contributed by atoms with Gasteiger partial charge in [0.15, 0.2) is 0 Å². The maximum Gasteiger partial charge on any atom is 0.230 e. The fraction of sp³-hybridized carbons (Fsp3) is 0.688. The lowest BCUT2D eigenvalue weighted by molar-refractivity contribution is -0.133. The lowest BCUT2D eigenvalue weighted by atomic mass is 9.86. The van der Waals surface area contributed by atoms with Crippen LogP contribution >= 0.6 is 23.7 Å². The molecular formula is C16H23ClN2OS. The SMILES string of the molecule is Cl.O=C(C1CCCc2sccc21)N1CCC2CCC(C1)N2. The number of hydrogen-bond acceptors (Lipinski definition) is 3. The zero-order valence-electron chi connectivity index (χ0n) is 12.2. The Balaban J connectivity index is 0.00000132. The molecule has 1 aromatic heterocycles. The molecule has 0 aromatic carbocycles. The third-order valence-electron chi connectivity index (χ3n) is 5.18. The van der Waals surface area contributed by atoms with E-state index in [-0.39, 0.29) is 18.3 Å². The molecule has 21 heavy (non-hydrogen) atoms. The number of carbonyl (C=O) groups is 1. The van der Waals surface area contributed by atoms with E-state index in [0.717, 1.165) is 25.9 Å². The highest BCUT2D eigenvalue weighted by Gasteiger charge is 2.35. The molecule has 4 rings (SSSR count). The molecule has 0 radical (unpaired) electrons. The monoisotopic (exact) mass is 326 g/mol. The fourth-order valence-corrected chi connectivity index (χ4v) is 5.09. The van der Waals surface area contributed by atoms with Crippen LogP contribution in [0.5, 0.6) is 0 Å². The standard InChI is InChI=1S/C16H22N2OS.ClH/c19-16(14-2-1-3-15-13(14)7-9-20-15)18-8-6-11-4-5-12(10-18)17-11;/h7,9,11-12,14,17H,1-6,8,10H2;1H. The fourth-order valence-electron chi connectivity index (χ4n) is 4.11. The van der Waals surface area contributed by atoms with E-state index < -0.39 is 0 Å². The number of hydrogen-bond donors (Lipinski definition) is 1. The first kappa shape index (κ1) is 15.3. The third kappa shape index (κ3) is 2.86. The third-order valence-corrected chi connectivity index (χ3v) is 6.18. The molecule has 3 atom stereocenters. The Labute approximate surface area is 136 Å². The van der Waals surface area contributed by atoms with Gasteiger partial charge >= 0.3 is 0 Å². The molecule has 1 aliphatic carbocycles. The Hall–Kier alpha value is -0.580. The van der Waals surface area contributed by atoms with E-state index in [4.69, 9.17) is 0 Å². The summed E-state index contributed by atoms with van der Waals surface area (Å²) in [5.74, 6) is 0.528. The molecule has 1 N–H and O–H groups in total. The second kappa shape index (κ2) is 6.27. The Morgan fingerprint density at radius 1 is 1.24 bits per heavy atom. The average molecular weight is 327 g/mol. The van der Waals surface area contributed by atoms with Crippen molar-refractivity contribution in [2.24, 2.45) is 0 Å². The maximum atomic E-state index is 12.9. The number of aryl methyl sites for hydroxylation is 1. The molecule has 3 unspecified atom stereocenters. The molecule has 3 aliphatic rings. The first-order valence-electron chi connectivity index (χ1n) is 7.92. The van der Waals surface area contributed by atoms with Crippen molar-refractivity contribution in [2.75, 3.05) is 13.1 Å². The Morgan fingerprint density at radius 3 is 3.00 bits per heavy atom. The normalized spacial score (nSPS) is 31.2. The Kier molecular flexibility index (Phi) is 4.57. The average Bonchev–Trinajstić information content (AvgIpc) is 3.04. The van der Waals surface area contributed by atoms with Gasteiger partial charge in [-0.3, -0.25) is 4.79 Å². The van der Waals surface area contributed by atoms with Crippen molar-refractivity contribution >= 4 is 29.7 Å². The van der Waals surface area contributed by atoms with Crippen molar-refractivity contribution in [3.63, 3.8) is 0 Å². The number of fused-ring (bicyclic) bond motifs is 3. The summed E-state index contributed by atoms with van der Waals surface area (Å²) in [5, 5.41) is 5.82. The van der Waals surface area contributed by atoms with Gasteiger partial charge in [0.25, 0.3) is 0 Å². The van der Waals surface area contributed by atoms with Crippen molar-refractivity contribution in [1.82, 2.24) is 10.2 Å². The molecule has 3 heterocycles. The van der Waals surface area contributed by atoms with Crippen molar-refractivity contribution in [3.05, 3.63) is 21.9 Å². The van der Waals surface area contributed by atoms with Gasteiger partial charge in [-0.05, 0) is 55.5 Å². The highest BCUT2D eigenvalue weighted by atomic mass is 35.5. The first-order valence-corrected chi connectivity index (χ1v) is 8.80. The van der Waals surface area contributed by atoms with E-state index >= 15 is 0 Å². The number of likely N-dealkylation sites (tertiary alicyclic amines) is 1. The van der Waals surface area contributed by atoms with Crippen LogP contribution in [0.1, 0.15) is 48.5 Å². The number of amides is 1. The van der Waals surface area contributed by atoms with Gasteiger partial charge < -0.3 is 10.2 Å². The van der Waals surface area contributed by atoms with Gasteiger partial charge in [0.2, 0.25) is 5.91 Å². The molecule has 3 nitrogen and oxygen atoms in total. The second-order valence-electron chi connectivity index (χ2n) is 6.45. The van der Waals surface area contributed by atoms with Crippen LogP contribution < -0.4 is 5.32 Å². The van der Waals surface area contributed by atoms with Crippen LogP contribution in [0.25, 0.3) is 0 Å². The van der Waals surface area contributed by atoms with Crippen LogP contribution in [0.15, 0.2) is 11.4 Å². The molecule has 2 aliphatic heterocycles. The van der Waals surface area contributed by atoms with Gasteiger partial charge in [0, 0.05) is 30.1 Å². The zero-order chi connectivity index (χ0) is 13.5. The van der Waals surface area contributed by atoms with Crippen molar-refractivity contribution in [2.45, 2.75) is 56.5 Å². The van der Waals surface area contributed by atoms with Crippen LogP contribution in [0.2, 0.25) is 0 Å². The number of nitrogens with zero attached hydrogens (tertiary/aromatic N) is 1. The van der Waals surface area contributed by atoms with Crippen LogP contribution in [-0.4, -0.2) is 36.0 Å². The summed E-state index contributed by atoms with van der Waals surface area (Å²) in [6.45, 7) is 1.87. The lowest BCUT2D eigenvalue weighted by Crippen LogP contribution is -2.41. The molecule has 1 aromatic rings. The van der Waals surface area contributed by atoms with E-state index in [1.54, 1.807) is 0 Å². The topological polar surface area (TPSA) is 32.3 Å². The second-order valence-corrected chi connectivity index (χ2v) is 7.46. The molecular weight excluding hydrogens is 304 g/mol. The molecule has 0 saturated carbocycles. The Bertz CT molecular complexity index is 518. The summed E-state index contributed by atoms with van der Waals surface area (Å²) in [7, 11) is 0. The number of rotatable bonds is 1. The number of thiophene rings is 1. The minimum absolute atomic E-state index is 0. The molecule has 2 fully saturated rings. The van der Waals surface area contributed by atoms with Crippen LogP contribution in [-0.2, 0) is 11.2 Å². The summed E-state index contributed by atoms with van der Waals surface area (Å²) in [6, 6.07) is 3.38. The smallest absolute Gasteiger partial charge is 0.230 e. The van der Waals surface area contributed by atoms with E-state index in [2.05, 4.69) is 21.7 Å². The predicted octanol–water partition coefficient (Wildman–Crippen LogP) is 2.94. The number of carbonyl (C=O) groups excluding carboxylic acids is 1. The molecule has 0 spiro atoms. The van der Waals surface area contributed by atoms with E-state index in [9.17, 15) is 4.79 Å². The van der Waals surface area contributed by atoms with Gasteiger partial charge in [-0.25, -0.2) is 0 Å². The molecule has 2 bridgehead atoms. The lowest BCUT2D eigenvalue weighted by Gasteiger charge is -2.30. The quantitative estimate of drug-likeness (QED) is 0.860. The van der Waals surface area contributed by atoms with Crippen LogP contribution in [0.3, 0.4) is 0 Å². The molecule has 1 amide bonds. The summed E-state index contributed by atoms with van der Waals surface area (Å²) in [6.07, 6.45) is 7.05. The van der Waals surface area contributed by atoms with E-state index in [1.807, 2.05) is 11.3 Å². The highest BCUT2D eigenvalue weighted by molar-refractivity contribution is 7.10. The Morgan fingerprint density at radius 2 is 2.10 bits per heavy atom. The number of nitrogens with one attached hydrogen (secondary N) is 1. The molecule has 116 valence electrons. The van der Waals surface area contributed by atoms with E-state index in [0.29, 0.717) is 18.0 Å². The summed E-state index contributed by atoms with van der Waals surface area (Å²) < 4.78 is 0. The summed E-state index contributed by atoms with van der Waals surface area (Å²) >= 11 is 1.83. The first-order chi connectivity index (χ1) is 9.81. The van der Waals surface area contributed by atoms with Crippen molar-refractivity contribution in [1.29, 1.82) is 0 Å². The zero-order valence-corrected chi connectivity index (χ0v) is 13.8. The van der Waals surface area contributed by atoms with E-state index in [1.165, 1.54) is 36.1 Å². The maximum absolute atomic E-state index is 12.9. The predicted molar refractivity (Wildman–Crippen MR) is 88.4 cm³/mol. The van der Waals surface area contributed by atoms with Crippen molar-refractivity contribution in [3.8, 4) is 0 Å². The van der Waals surface area contributed by atoms with Gasteiger partial charge in [-0.1, -0.05) is 0 Å².